The fraction of sp³-hybridized carbons (Fsp3) is 0.692. The zero-order chi connectivity index (χ0) is 16.4. The minimum atomic E-state index is -0.586. The van der Waals surface area contributed by atoms with Crippen LogP contribution in [-0.4, -0.2) is 35.7 Å². The molecule has 0 aliphatic rings. The molecule has 4 N–H and O–H groups in total. The quantitative estimate of drug-likeness (QED) is 0.368. The molecule has 1 unspecified atom stereocenters. The van der Waals surface area contributed by atoms with Crippen LogP contribution < -0.4 is 16.1 Å². The first-order valence-corrected chi connectivity index (χ1v) is 7.82. The maximum atomic E-state index is 12.1. The molecule has 0 bridgehead atoms. The molecule has 0 aromatic heterocycles. The predicted molar refractivity (Wildman–Crippen MR) is 81.8 cm³/mol. The first kappa shape index (κ1) is 19.7. The van der Waals surface area contributed by atoms with Crippen molar-refractivity contribution in [2.75, 3.05) is 0 Å². The Morgan fingerprint density at radius 2 is 1.90 bits per heavy atom. The van der Waals surface area contributed by atoms with Crippen LogP contribution in [0, 0.1) is 5.92 Å². The lowest BCUT2D eigenvalue weighted by Gasteiger charge is -2.20. The van der Waals surface area contributed by atoms with E-state index in [-0.39, 0.29) is 38.9 Å². The highest BCUT2D eigenvalue weighted by atomic mass is 31.1. The fourth-order valence-corrected chi connectivity index (χ4v) is 2.58. The second kappa shape index (κ2) is 10.4. The van der Waals surface area contributed by atoms with E-state index in [1.165, 1.54) is 6.92 Å². The lowest BCUT2D eigenvalue weighted by Crippen LogP contribution is -2.40. The molecule has 0 spiro atoms. The average Bonchev–Trinajstić information content (AvgIpc) is 2.36. The summed E-state index contributed by atoms with van der Waals surface area (Å²) in [6.07, 6.45) is 1.53. The molecule has 0 aromatic rings. The van der Waals surface area contributed by atoms with Crippen LogP contribution in [0.4, 0.5) is 0 Å². The number of aldehydes is 1. The standard InChI is InChI=1S/C13H24N3O4P/c1-8(2)6-11(15-9(3)18)13(20)21-16-10(7-17)4-5-12(14)19/h7-8,10-11,16,21H,4-6H2,1-3H3,(H2,14,19)(H,15,18)/t10-,11-/m0/s1. The lowest BCUT2D eigenvalue weighted by molar-refractivity contribution is -0.123. The van der Waals surface area contributed by atoms with Gasteiger partial charge in [0.1, 0.15) is 6.29 Å². The topological polar surface area (TPSA) is 118 Å². The van der Waals surface area contributed by atoms with E-state index in [9.17, 15) is 19.2 Å². The Kier molecular flexibility index (Phi) is 9.75. The summed E-state index contributed by atoms with van der Waals surface area (Å²) < 4.78 is 0. The molecule has 0 aliphatic heterocycles. The van der Waals surface area contributed by atoms with Gasteiger partial charge in [-0.05, 0) is 18.8 Å². The Bertz CT molecular complexity index is 388. The Balaban J connectivity index is 4.41. The summed E-state index contributed by atoms with van der Waals surface area (Å²) in [5, 5.41) is 5.42. The molecular weight excluding hydrogens is 293 g/mol. The van der Waals surface area contributed by atoms with Gasteiger partial charge in [0.25, 0.3) is 0 Å². The number of nitrogens with two attached hydrogens (primary N) is 1. The average molecular weight is 317 g/mol. The van der Waals surface area contributed by atoms with Crippen LogP contribution in [-0.2, 0) is 19.2 Å². The Hall–Kier alpha value is -1.33. The van der Waals surface area contributed by atoms with Crippen LogP contribution in [0.3, 0.4) is 0 Å². The van der Waals surface area contributed by atoms with E-state index in [0.29, 0.717) is 12.7 Å². The van der Waals surface area contributed by atoms with Gasteiger partial charge < -0.3 is 15.8 Å². The minimum Gasteiger partial charge on any atom is -0.370 e. The zero-order valence-electron chi connectivity index (χ0n) is 12.6. The molecule has 0 aromatic carbocycles. The van der Waals surface area contributed by atoms with Crippen molar-refractivity contribution in [2.24, 2.45) is 11.7 Å². The van der Waals surface area contributed by atoms with E-state index < -0.39 is 18.0 Å². The minimum absolute atomic E-state index is 0.0796. The summed E-state index contributed by atoms with van der Waals surface area (Å²) in [6.45, 7) is 5.28. The summed E-state index contributed by atoms with van der Waals surface area (Å²) in [7, 11) is -0.311. The van der Waals surface area contributed by atoms with Crippen LogP contribution in [0.2, 0.25) is 0 Å². The third-order valence-corrected chi connectivity index (χ3v) is 3.76. The summed E-state index contributed by atoms with van der Waals surface area (Å²) in [6, 6.07) is -1.14. The highest BCUT2D eigenvalue weighted by molar-refractivity contribution is 7.56. The van der Waals surface area contributed by atoms with Crippen LogP contribution in [0.25, 0.3) is 0 Å². The van der Waals surface area contributed by atoms with Crippen molar-refractivity contribution in [1.29, 1.82) is 0 Å². The molecule has 3 atom stereocenters. The number of hydrogen-bond acceptors (Lipinski definition) is 5. The second-order valence-electron chi connectivity index (χ2n) is 5.26. The van der Waals surface area contributed by atoms with E-state index in [1.54, 1.807) is 0 Å². The third-order valence-electron chi connectivity index (χ3n) is 2.65. The van der Waals surface area contributed by atoms with Crippen LogP contribution in [0.5, 0.6) is 0 Å². The number of carbonyl (C=O) groups is 4. The van der Waals surface area contributed by atoms with Gasteiger partial charge in [0.15, 0.2) is 5.52 Å². The van der Waals surface area contributed by atoms with Gasteiger partial charge >= 0.3 is 0 Å². The second-order valence-corrected chi connectivity index (χ2v) is 6.30. The zero-order valence-corrected chi connectivity index (χ0v) is 13.6. The van der Waals surface area contributed by atoms with E-state index in [0.717, 1.165) is 0 Å². The van der Waals surface area contributed by atoms with Gasteiger partial charge in [-0.15, -0.1) is 0 Å². The number of amides is 2. The molecule has 8 heteroatoms. The highest BCUT2D eigenvalue weighted by Gasteiger charge is 2.21. The summed E-state index contributed by atoms with van der Waals surface area (Å²) in [5.41, 5.74) is 4.85. The first-order chi connectivity index (χ1) is 9.76. The Morgan fingerprint density at radius 3 is 2.33 bits per heavy atom. The molecule has 0 rings (SSSR count). The molecule has 120 valence electrons. The molecule has 0 saturated carbocycles. The van der Waals surface area contributed by atoms with Crippen molar-refractivity contribution in [1.82, 2.24) is 10.4 Å². The van der Waals surface area contributed by atoms with Gasteiger partial charge in [-0.2, -0.15) is 0 Å². The first-order valence-electron chi connectivity index (χ1n) is 6.82. The summed E-state index contributed by atoms with van der Waals surface area (Å²) >= 11 is 0. The molecular formula is C13H24N3O4P. The van der Waals surface area contributed by atoms with Gasteiger partial charge in [-0.1, -0.05) is 13.8 Å². The molecule has 0 aliphatic carbocycles. The fourth-order valence-electron chi connectivity index (χ4n) is 1.67. The van der Waals surface area contributed by atoms with E-state index >= 15 is 0 Å². The van der Waals surface area contributed by atoms with Gasteiger partial charge in [0.2, 0.25) is 11.8 Å². The molecule has 2 amide bonds. The molecule has 0 heterocycles. The molecule has 0 fully saturated rings. The van der Waals surface area contributed by atoms with E-state index in [2.05, 4.69) is 10.4 Å². The maximum absolute atomic E-state index is 12.1. The summed E-state index contributed by atoms with van der Waals surface area (Å²) in [5.74, 6) is -0.499. The maximum Gasteiger partial charge on any atom is 0.217 e. The molecule has 0 saturated heterocycles. The number of rotatable bonds is 11. The number of carbonyl (C=O) groups excluding carboxylic acids is 4. The van der Waals surface area contributed by atoms with Gasteiger partial charge in [-0.3, -0.25) is 19.5 Å². The van der Waals surface area contributed by atoms with Crippen molar-refractivity contribution >= 4 is 32.4 Å². The van der Waals surface area contributed by atoms with E-state index in [1.807, 2.05) is 13.8 Å². The highest BCUT2D eigenvalue weighted by Crippen LogP contribution is 2.16. The van der Waals surface area contributed by atoms with Crippen molar-refractivity contribution in [3.8, 4) is 0 Å². The Morgan fingerprint density at radius 1 is 1.29 bits per heavy atom. The smallest absolute Gasteiger partial charge is 0.217 e. The molecule has 21 heavy (non-hydrogen) atoms. The van der Waals surface area contributed by atoms with Crippen LogP contribution in [0.1, 0.15) is 40.0 Å². The van der Waals surface area contributed by atoms with Crippen LogP contribution in [0.15, 0.2) is 0 Å². The third kappa shape index (κ3) is 10.1. The lowest BCUT2D eigenvalue weighted by atomic mass is 10.0. The number of nitrogens with one attached hydrogen (secondary N) is 2. The van der Waals surface area contributed by atoms with Gasteiger partial charge in [0, 0.05) is 22.1 Å². The van der Waals surface area contributed by atoms with Crippen molar-refractivity contribution in [2.45, 2.75) is 52.1 Å². The molecule has 0 radical (unpaired) electrons. The predicted octanol–water partition coefficient (Wildman–Crippen LogP) is 0.0799. The monoisotopic (exact) mass is 317 g/mol. The molecule has 7 nitrogen and oxygen atoms in total. The van der Waals surface area contributed by atoms with Crippen molar-refractivity contribution < 1.29 is 19.2 Å². The number of hydrogen-bond donors (Lipinski definition) is 3. The van der Waals surface area contributed by atoms with E-state index in [4.69, 9.17) is 5.73 Å². The van der Waals surface area contributed by atoms with Crippen molar-refractivity contribution in [3.05, 3.63) is 0 Å². The SMILES string of the molecule is CC(=O)N[C@@H](CC(C)C)C(=O)PN[C@H](C=O)CCC(N)=O. The van der Waals surface area contributed by atoms with Crippen LogP contribution >= 0.6 is 8.73 Å². The van der Waals surface area contributed by atoms with Crippen molar-refractivity contribution in [3.63, 3.8) is 0 Å². The number of primary amides is 1. The Labute approximate surface area is 126 Å². The normalized spacial score (nSPS) is 14.1. The van der Waals surface area contributed by atoms with Gasteiger partial charge in [-0.25, -0.2) is 0 Å². The summed E-state index contributed by atoms with van der Waals surface area (Å²) in [4.78, 5) is 44.8. The van der Waals surface area contributed by atoms with Gasteiger partial charge in [0.05, 0.1) is 12.1 Å². The largest absolute Gasteiger partial charge is 0.370 e.